The highest BCUT2D eigenvalue weighted by Crippen LogP contribution is 2.29. The first-order chi connectivity index (χ1) is 12.6. The molecule has 2 heterocycles. The molecule has 0 amide bonds. The molecule has 0 spiro atoms. The summed E-state index contributed by atoms with van der Waals surface area (Å²) in [7, 11) is 0. The van der Waals surface area contributed by atoms with E-state index in [4.69, 9.17) is 9.84 Å². The number of pyridine rings is 1. The molecule has 10 heteroatoms. The number of aromatic amines is 1. The van der Waals surface area contributed by atoms with Crippen LogP contribution < -0.4 is 10.9 Å². The summed E-state index contributed by atoms with van der Waals surface area (Å²) in [5.41, 5.74) is -1.93. The molecule has 0 saturated carbocycles. The van der Waals surface area contributed by atoms with E-state index in [2.05, 4.69) is 10.3 Å². The number of aliphatic hydroxyl groups excluding tert-OH is 3. The van der Waals surface area contributed by atoms with Crippen molar-refractivity contribution in [3.8, 4) is 0 Å². The standard InChI is InChI=1S/C17H19F3N2O5/c1-7-13(15(25)14(24)12(6-23)27-7)21-9-3-2-8-4-10(17(18,19)20)16(26)22-11(8)5-9/h2-5,7,12-15,21,23-25H,6H2,1H3,(H,22,26). The highest BCUT2D eigenvalue weighted by atomic mass is 19.4. The number of ether oxygens (including phenoxy) is 1. The maximum atomic E-state index is 12.8. The average molecular weight is 388 g/mol. The lowest BCUT2D eigenvalue weighted by Gasteiger charge is -2.41. The molecule has 1 aliphatic heterocycles. The Hall–Kier alpha value is -2.14. The van der Waals surface area contributed by atoms with Crippen LogP contribution in [0.25, 0.3) is 10.9 Å². The number of aliphatic hydroxyl groups is 3. The maximum Gasteiger partial charge on any atom is 0.421 e. The van der Waals surface area contributed by atoms with Gasteiger partial charge in [0.05, 0.1) is 24.3 Å². The number of H-pyrrole nitrogens is 1. The van der Waals surface area contributed by atoms with Crippen LogP contribution in [-0.2, 0) is 10.9 Å². The van der Waals surface area contributed by atoms with Crippen LogP contribution in [0, 0.1) is 0 Å². The van der Waals surface area contributed by atoms with E-state index in [0.29, 0.717) is 5.69 Å². The van der Waals surface area contributed by atoms with Gasteiger partial charge in [-0.25, -0.2) is 0 Å². The highest BCUT2D eigenvalue weighted by Gasteiger charge is 2.42. The summed E-state index contributed by atoms with van der Waals surface area (Å²) in [6.45, 7) is 1.20. The molecule has 0 aliphatic carbocycles. The summed E-state index contributed by atoms with van der Waals surface area (Å²) in [5, 5.41) is 32.6. The number of halogens is 3. The summed E-state index contributed by atoms with van der Waals surface area (Å²) in [6, 6.07) is 4.36. The molecule has 0 radical (unpaired) electrons. The van der Waals surface area contributed by atoms with Gasteiger partial charge in [-0.05, 0) is 30.5 Å². The lowest BCUT2D eigenvalue weighted by molar-refractivity contribution is -0.180. The van der Waals surface area contributed by atoms with Crippen LogP contribution in [0.5, 0.6) is 0 Å². The van der Waals surface area contributed by atoms with E-state index in [1.165, 1.54) is 18.2 Å². The Kier molecular flexibility index (Phi) is 5.17. The van der Waals surface area contributed by atoms with E-state index in [0.717, 1.165) is 6.07 Å². The average Bonchev–Trinajstić information content (AvgIpc) is 2.60. The summed E-state index contributed by atoms with van der Waals surface area (Å²) in [6.07, 6.45) is -8.78. The zero-order chi connectivity index (χ0) is 19.9. The third-order valence-corrected chi connectivity index (χ3v) is 4.66. The van der Waals surface area contributed by atoms with Gasteiger partial charge in [-0.3, -0.25) is 4.79 Å². The second kappa shape index (κ2) is 7.12. The number of anilines is 1. The number of hydrogen-bond donors (Lipinski definition) is 5. The summed E-state index contributed by atoms with van der Waals surface area (Å²) < 4.78 is 44.0. The fourth-order valence-corrected chi connectivity index (χ4v) is 3.20. The van der Waals surface area contributed by atoms with E-state index >= 15 is 0 Å². The van der Waals surface area contributed by atoms with E-state index < -0.39 is 54.4 Å². The van der Waals surface area contributed by atoms with Gasteiger partial charge in [-0.2, -0.15) is 13.2 Å². The molecule has 7 nitrogen and oxygen atoms in total. The molecule has 5 unspecified atom stereocenters. The number of benzene rings is 1. The smallest absolute Gasteiger partial charge is 0.394 e. The van der Waals surface area contributed by atoms with Crippen molar-refractivity contribution >= 4 is 16.6 Å². The first-order valence-corrected chi connectivity index (χ1v) is 8.25. The molecule has 1 saturated heterocycles. The minimum atomic E-state index is -4.75. The monoisotopic (exact) mass is 388 g/mol. The normalized spacial score (nSPS) is 29.1. The molecular weight excluding hydrogens is 369 g/mol. The summed E-state index contributed by atoms with van der Waals surface area (Å²) >= 11 is 0. The number of fused-ring (bicyclic) bond motifs is 1. The Bertz CT molecular complexity index is 885. The number of rotatable bonds is 3. The van der Waals surface area contributed by atoms with E-state index in [1.54, 1.807) is 6.92 Å². The Balaban J connectivity index is 1.89. The lowest BCUT2D eigenvalue weighted by atomic mass is 9.93. The van der Waals surface area contributed by atoms with Gasteiger partial charge in [0.25, 0.3) is 5.56 Å². The third-order valence-electron chi connectivity index (χ3n) is 4.66. The van der Waals surface area contributed by atoms with Gasteiger partial charge >= 0.3 is 6.18 Å². The molecule has 27 heavy (non-hydrogen) atoms. The van der Waals surface area contributed by atoms with Crippen molar-refractivity contribution in [2.45, 2.75) is 43.6 Å². The Morgan fingerprint density at radius 1 is 1.22 bits per heavy atom. The molecule has 148 valence electrons. The van der Waals surface area contributed by atoms with Gasteiger partial charge in [0, 0.05) is 5.69 Å². The Morgan fingerprint density at radius 2 is 1.93 bits per heavy atom. The van der Waals surface area contributed by atoms with Crippen molar-refractivity contribution in [2.24, 2.45) is 0 Å². The molecule has 0 bridgehead atoms. The second-order valence-corrected chi connectivity index (χ2v) is 6.53. The van der Waals surface area contributed by atoms with Gasteiger partial charge in [0.2, 0.25) is 0 Å². The fraction of sp³-hybridized carbons (Fsp3) is 0.471. The van der Waals surface area contributed by atoms with Crippen molar-refractivity contribution in [2.75, 3.05) is 11.9 Å². The third kappa shape index (κ3) is 3.79. The van der Waals surface area contributed by atoms with E-state index in [9.17, 15) is 28.2 Å². The van der Waals surface area contributed by atoms with Crippen molar-refractivity contribution in [1.82, 2.24) is 4.98 Å². The molecular formula is C17H19F3N2O5. The number of alkyl halides is 3. The Labute approximate surface area is 151 Å². The second-order valence-electron chi connectivity index (χ2n) is 6.53. The molecule has 1 fully saturated rings. The van der Waals surface area contributed by atoms with Gasteiger partial charge in [-0.1, -0.05) is 6.07 Å². The zero-order valence-electron chi connectivity index (χ0n) is 14.2. The van der Waals surface area contributed by atoms with Crippen LogP contribution in [0.3, 0.4) is 0 Å². The number of nitrogens with one attached hydrogen (secondary N) is 2. The van der Waals surface area contributed by atoms with Crippen molar-refractivity contribution in [3.05, 3.63) is 40.2 Å². The quantitative estimate of drug-likeness (QED) is 0.532. The van der Waals surface area contributed by atoms with Crippen LogP contribution in [0.1, 0.15) is 12.5 Å². The number of hydrogen-bond acceptors (Lipinski definition) is 6. The Morgan fingerprint density at radius 3 is 2.56 bits per heavy atom. The molecule has 5 N–H and O–H groups in total. The van der Waals surface area contributed by atoms with E-state index in [-0.39, 0.29) is 10.9 Å². The SMILES string of the molecule is CC1OC(CO)C(O)C(O)C1Nc1ccc2cc(C(F)(F)F)c(=O)[nH]c2c1. The predicted octanol–water partition coefficient (Wildman–Crippen LogP) is 0.829. The summed E-state index contributed by atoms with van der Waals surface area (Å²) in [4.78, 5) is 13.9. The first-order valence-electron chi connectivity index (χ1n) is 8.25. The van der Waals surface area contributed by atoms with Crippen LogP contribution in [0.15, 0.2) is 29.1 Å². The molecule has 5 atom stereocenters. The first kappa shape index (κ1) is 19.6. The van der Waals surface area contributed by atoms with Gasteiger partial charge in [-0.15, -0.1) is 0 Å². The fourth-order valence-electron chi connectivity index (χ4n) is 3.20. The van der Waals surface area contributed by atoms with E-state index in [1.807, 2.05) is 0 Å². The minimum absolute atomic E-state index is 0.186. The van der Waals surface area contributed by atoms with Crippen LogP contribution >= 0.6 is 0 Å². The minimum Gasteiger partial charge on any atom is -0.394 e. The van der Waals surface area contributed by atoms with Crippen molar-refractivity contribution < 1.29 is 33.2 Å². The summed E-state index contributed by atoms with van der Waals surface area (Å²) in [5.74, 6) is 0. The largest absolute Gasteiger partial charge is 0.421 e. The highest BCUT2D eigenvalue weighted by molar-refractivity contribution is 5.82. The molecule has 1 aromatic carbocycles. The van der Waals surface area contributed by atoms with Gasteiger partial charge < -0.3 is 30.4 Å². The predicted molar refractivity (Wildman–Crippen MR) is 90.4 cm³/mol. The maximum absolute atomic E-state index is 12.8. The molecule has 1 aliphatic rings. The number of aromatic nitrogens is 1. The zero-order valence-corrected chi connectivity index (χ0v) is 14.2. The van der Waals surface area contributed by atoms with Gasteiger partial charge in [0.1, 0.15) is 23.9 Å². The van der Waals surface area contributed by atoms with Crippen molar-refractivity contribution in [1.29, 1.82) is 0 Å². The van der Waals surface area contributed by atoms with Gasteiger partial charge in [0.15, 0.2) is 0 Å². The van der Waals surface area contributed by atoms with Crippen LogP contribution in [0.2, 0.25) is 0 Å². The molecule has 3 rings (SSSR count). The molecule has 2 aromatic rings. The van der Waals surface area contributed by atoms with Crippen LogP contribution in [-0.4, -0.2) is 57.4 Å². The lowest BCUT2D eigenvalue weighted by Crippen LogP contribution is -2.60. The van der Waals surface area contributed by atoms with Crippen molar-refractivity contribution in [3.63, 3.8) is 0 Å². The molecule has 1 aromatic heterocycles. The topological polar surface area (TPSA) is 115 Å². The van der Waals surface area contributed by atoms with Crippen LogP contribution in [0.4, 0.5) is 18.9 Å².